The molecule has 5 heteroatoms. The summed E-state index contributed by atoms with van der Waals surface area (Å²) in [6.07, 6.45) is 0. The third-order valence-electron chi connectivity index (χ3n) is 3.02. The van der Waals surface area contributed by atoms with Gasteiger partial charge >= 0.3 is 0 Å². The molecule has 20 heavy (non-hydrogen) atoms. The summed E-state index contributed by atoms with van der Waals surface area (Å²) >= 11 is 12.3. The highest BCUT2D eigenvalue weighted by Gasteiger charge is 2.09. The molecule has 0 bridgehead atoms. The minimum absolute atomic E-state index is 0.390. The van der Waals surface area contributed by atoms with Crippen LogP contribution in [0.4, 0.5) is 11.5 Å². The van der Waals surface area contributed by atoms with Gasteiger partial charge in [-0.2, -0.15) is 0 Å². The van der Waals surface area contributed by atoms with Crippen LogP contribution in [0.25, 0.3) is 10.8 Å². The molecule has 0 amide bonds. The lowest BCUT2D eigenvalue weighted by atomic mass is 10.2. The number of rotatable bonds is 2. The predicted molar refractivity (Wildman–Crippen MR) is 84.0 cm³/mol. The molecule has 0 aliphatic heterocycles. The third-order valence-corrected chi connectivity index (χ3v) is 3.63. The van der Waals surface area contributed by atoms with Crippen LogP contribution in [0.1, 0.15) is 5.56 Å². The summed E-state index contributed by atoms with van der Waals surface area (Å²) in [5.41, 5.74) is 1.91. The van der Waals surface area contributed by atoms with E-state index in [1.807, 2.05) is 49.4 Å². The number of anilines is 2. The van der Waals surface area contributed by atoms with Gasteiger partial charge in [-0.1, -0.05) is 53.5 Å². The number of hydrogen-bond donors (Lipinski definition) is 1. The largest absolute Gasteiger partial charge is 0.337 e. The van der Waals surface area contributed by atoms with Crippen molar-refractivity contribution in [3.8, 4) is 0 Å². The lowest BCUT2D eigenvalue weighted by molar-refractivity contribution is 1.05. The first-order chi connectivity index (χ1) is 9.65. The minimum Gasteiger partial charge on any atom is -0.337 e. The van der Waals surface area contributed by atoms with Crippen molar-refractivity contribution >= 4 is 45.5 Å². The molecular weight excluding hydrogens is 293 g/mol. The van der Waals surface area contributed by atoms with E-state index in [0.717, 1.165) is 22.0 Å². The van der Waals surface area contributed by atoms with E-state index in [0.29, 0.717) is 16.0 Å². The molecule has 3 nitrogen and oxygen atoms in total. The summed E-state index contributed by atoms with van der Waals surface area (Å²) in [6, 6.07) is 13.5. The van der Waals surface area contributed by atoms with E-state index in [-0.39, 0.29) is 0 Å². The highest BCUT2D eigenvalue weighted by Crippen LogP contribution is 2.30. The zero-order valence-electron chi connectivity index (χ0n) is 10.7. The third kappa shape index (κ3) is 2.42. The van der Waals surface area contributed by atoms with Crippen LogP contribution in [0.3, 0.4) is 0 Å². The van der Waals surface area contributed by atoms with Gasteiger partial charge in [0.15, 0.2) is 11.0 Å². The Morgan fingerprint density at radius 1 is 0.950 bits per heavy atom. The fourth-order valence-corrected chi connectivity index (χ4v) is 2.39. The molecule has 0 fully saturated rings. The van der Waals surface area contributed by atoms with Crippen molar-refractivity contribution in [3.05, 3.63) is 58.2 Å². The molecular formula is C15H11Cl2N3. The van der Waals surface area contributed by atoms with Crippen molar-refractivity contribution in [2.45, 2.75) is 6.92 Å². The Bertz CT molecular complexity index is 787. The van der Waals surface area contributed by atoms with Crippen LogP contribution < -0.4 is 5.32 Å². The van der Waals surface area contributed by atoms with Crippen LogP contribution in [0.2, 0.25) is 10.2 Å². The van der Waals surface area contributed by atoms with Crippen LogP contribution in [0.15, 0.2) is 42.5 Å². The molecule has 1 aromatic heterocycles. The van der Waals surface area contributed by atoms with E-state index in [1.165, 1.54) is 0 Å². The molecule has 3 aromatic rings. The van der Waals surface area contributed by atoms with Crippen LogP contribution >= 0.6 is 23.2 Å². The molecule has 3 rings (SSSR count). The molecule has 0 radical (unpaired) electrons. The van der Waals surface area contributed by atoms with Gasteiger partial charge in [0.25, 0.3) is 0 Å². The Morgan fingerprint density at radius 2 is 1.70 bits per heavy atom. The number of aromatic nitrogens is 2. The number of halogens is 2. The van der Waals surface area contributed by atoms with Crippen LogP contribution in [0, 0.1) is 6.92 Å². The van der Waals surface area contributed by atoms with Gasteiger partial charge in [-0.05, 0) is 24.6 Å². The molecule has 1 N–H and O–H groups in total. The zero-order chi connectivity index (χ0) is 14.1. The molecule has 100 valence electrons. The van der Waals surface area contributed by atoms with Gasteiger partial charge in [-0.15, -0.1) is 10.2 Å². The second-order valence-electron chi connectivity index (χ2n) is 4.49. The van der Waals surface area contributed by atoms with Crippen molar-refractivity contribution in [1.29, 1.82) is 0 Å². The Kier molecular flexibility index (Phi) is 3.47. The summed E-state index contributed by atoms with van der Waals surface area (Å²) in [7, 11) is 0. The van der Waals surface area contributed by atoms with Crippen molar-refractivity contribution in [2.75, 3.05) is 5.32 Å². The van der Waals surface area contributed by atoms with Crippen molar-refractivity contribution < 1.29 is 0 Å². The van der Waals surface area contributed by atoms with Gasteiger partial charge in [-0.25, -0.2) is 0 Å². The number of nitrogens with zero attached hydrogens (tertiary/aromatic N) is 2. The number of hydrogen-bond acceptors (Lipinski definition) is 3. The van der Waals surface area contributed by atoms with Gasteiger partial charge in [0.2, 0.25) is 0 Å². The summed E-state index contributed by atoms with van der Waals surface area (Å²) in [5, 5.41) is 14.1. The van der Waals surface area contributed by atoms with E-state index < -0.39 is 0 Å². The molecule has 1 heterocycles. The Labute approximate surface area is 126 Å². The molecule has 0 aliphatic carbocycles. The first-order valence-electron chi connectivity index (χ1n) is 6.09. The average Bonchev–Trinajstić information content (AvgIpc) is 2.46. The first-order valence-corrected chi connectivity index (χ1v) is 6.85. The maximum atomic E-state index is 6.19. The first kappa shape index (κ1) is 13.2. The quantitative estimate of drug-likeness (QED) is 0.725. The lowest BCUT2D eigenvalue weighted by Gasteiger charge is -2.10. The fraction of sp³-hybridized carbons (Fsp3) is 0.0667. The minimum atomic E-state index is 0.390. The monoisotopic (exact) mass is 303 g/mol. The Hall–Kier alpha value is -1.84. The smallest absolute Gasteiger partial charge is 0.161 e. The average molecular weight is 304 g/mol. The van der Waals surface area contributed by atoms with Gasteiger partial charge < -0.3 is 5.32 Å². The summed E-state index contributed by atoms with van der Waals surface area (Å²) in [4.78, 5) is 0. The molecule has 0 aliphatic rings. The second-order valence-corrected chi connectivity index (χ2v) is 5.26. The summed E-state index contributed by atoms with van der Waals surface area (Å²) in [5.74, 6) is 0.637. The molecule has 0 saturated carbocycles. The van der Waals surface area contributed by atoms with Crippen molar-refractivity contribution in [1.82, 2.24) is 10.2 Å². The van der Waals surface area contributed by atoms with Gasteiger partial charge in [-0.3, -0.25) is 0 Å². The Balaban J connectivity index is 2.11. The standard InChI is InChI=1S/C15H11Cl2N3/c1-9-6-7-12(16)13(8-9)18-15-11-5-3-2-4-10(11)14(17)19-20-15/h2-8H,1H3,(H,18,20). The van der Waals surface area contributed by atoms with E-state index >= 15 is 0 Å². The summed E-state index contributed by atoms with van der Waals surface area (Å²) in [6.45, 7) is 2.01. The van der Waals surface area contributed by atoms with E-state index in [4.69, 9.17) is 23.2 Å². The highest BCUT2D eigenvalue weighted by molar-refractivity contribution is 6.35. The number of benzene rings is 2. The van der Waals surface area contributed by atoms with Crippen LogP contribution in [-0.4, -0.2) is 10.2 Å². The maximum absolute atomic E-state index is 6.19. The van der Waals surface area contributed by atoms with E-state index in [1.54, 1.807) is 0 Å². The van der Waals surface area contributed by atoms with Gasteiger partial charge in [0, 0.05) is 10.8 Å². The van der Waals surface area contributed by atoms with E-state index in [2.05, 4.69) is 15.5 Å². The maximum Gasteiger partial charge on any atom is 0.161 e. The van der Waals surface area contributed by atoms with Gasteiger partial charge in [0.1, 0.15) is 0 Å². The topological polar surface area (TPSA) is 37.8 Å². The molecule has 0 saturated heterocycles. The number of nitrogens with one attached hydrogen (secondary N) is 1. The fourth-order valence-electron chi connectivity index (χ4n) is 2.03. The molecule has 2 aromatic carbocycles. The van der Waals surface area contributed by atoms with Crippen molar-refractivity contribution in [2.24, 2.45) is 0 Å². The zero-order valence-corrected chi connectivity index (χ0v) is 12.2. The Morgan fingerprint density at radius 3 is 2.50 bits per heavy atom. The summed E-state index contributed by atoms with van der Waals surface area (Å²) < 4.78 is 0. The van der Waals surface area contributed by atoms with Crippen LogP contribution in [-0.2, 0) is 0 Å². The number of aryl methyl sites for hydroxylation is 1. The molecule has 0 spiro atoms. The normalized spacial score (nSPS) is 10.8. The lowest BCUT2D eigenvalue weighted by Crippen LogP contribution is -1.98. The van der Waals surface area contributed by atoms with Gasteiger partial charge in [0.05, 0.1) is 10.7 Å². The van der Waals surface area contributed by atoms with Crippen molar-refractivity contribution in [3.63, 3.8) is 0 Å². The highest BCUT2D eigenvalue weighted by atomic mass is 35.5. The number of fused-ring (bicyclic) bond motifs is 1. The van der Waals surface area contributed by atoms with Crippen LogP contribution in [0.5, 0.6) is 0 Å². The second kappa shape index (κ2) is 5.27. The van der Waals surface area contributed by atoms with E-state index in [9.17, 15) is 0 Å². The molecule has 0 atom stereocenters. The predicted octanol–water partition coefficient (Wildman–Crippen LogP) is 4.99. The molecule has 0 unspecified atom stereocenters. The SMILES string of the molecule is Cc1ccc(Cl)c(Nc2nnc(Cl)c3ccccc23)c1.